The summed E-state index contributed by atoms with van der Waals surface area (Å²) < 4.78 is 5.30. The molecular weight excluding hydrogens is 161 g/mol. The molecular formula is C10H10BNO. The Labute approximate surface area is 78.4 Å². The Bertz CT molecular complexity index is 433. The zero-order valence-corrected chi connectivity index (χ0v) is 7.74. The van der Waals surface area contributed by atoms with Gasteiger partial charge in [-0.25, -0.2) is 4.98 Å². The number of benzene rings is 1. The molecule has 0 bridgehead atoms. The van der Waals surface area contributed by atoms with E-state index in [1.807, 2.05) is 12.1 Å². The van der Waals surface area contributed by atoms with Gasteiger partial charge in [0.25, 0.3) is 0 Å². The van der Waals surface area contributed by atoms with E-state index < -0.39 is 0 Å². The van der Waals surface area contributed by atoms with Crippen LogP contribution in [0.5, 0.6) is 0 Å². The van der Waals surface area contributed by atoms with Gasteiger partial charge in [0, 0.05) is 0 Å². The monoisotopic (exact) mass is 171 g/mol. The molecule has 0 N–H and O–H groups in total. The van der Waals surface area contributed by atoms with E-state index in [2.05, 4.69) is 18.8 Å². The fraction of sp³-hybridized carbons (Fsp3) is 0.300. The van der Waals surface area contributed by atoms with E-state index >= 15 is 0 Å². The number of nitrogens with zero attached hydrogens (tertiary/aromatic N) is 1. The predicted molar refractivity (Wildman–Crippen MR) is 53.5 cm³/mol. The van der Waals surface area contributed by atoms with E-state index in [0.717, 1.165) is 22.1 Å². The van der Waals surface area contributed by atoms with E-state index in [1.54, 1.807) is 0 Å². The molecule has 3 heteroatoms. The zero-order valence-electron chi connectivity index (χ0n) is 7.74. The second-order valence-electron chi connectivity index (χ2n) is 3.47. The van der Waals surface area contributed by atoms with Crippen molar-refractivity contribution < 1.29 is 4.42 Å². The lowest BCUT2D eigenvalue weighted by molar-refractivity contribution is 0.595. The van der Waals surface area contributed by atoms with Gasteiger partial charge in [-0.05, 0) is 17.5 Å². The molecule has 0 spiro atoms. The Morgan fingerprint density at radius 2 is 2.15 bits per heavy atom. The number of rotatable bonds is 1. The van der Waals surface area contributed by atoms with Crippen LogP contribution in [0.4, 0.5) is 0 Å². The summed E-state index contributed by atoms with van der Waals surface area (Å²) in [6, 6.07) is 3.77. The third kappa shape index (κ3) is 1.35. The molecule has 0 saturated carbocycles. The minimum atomic E-state index is 0.402. The van der Waals surface area contributed by atoms with Crippen LogP contribution in [-0.4, -0.2) is 12.8 Å². The molecule has 0 amide bonds. The highest BCUT2D eigenvalue weighted by Gasteiger charge is 2.09. The first-order chi connectivity index (χ1) is 6.18. The van der Waals surface area contributed by atoms with Crippen molar-refractivity contribution in [1.82, 2.24) is 4.98 Å². The Hall–Kier alpha value is -1.25. The quantitative estimate of drug-likeness (QED) is 0.610. The molecule has 2 radical (unpaired) electrons. The molecule has 2 rings (SSSR count). The first-order valence-electron chi connectivity index (χ1n) is 4.31. The van der Waals surface area contributed by atoms with Gasteiger partial charge in [0.05, 0.1) is 0 Å². The normalized spacial score (nSPS) is 11.3. The van der Waals surface area contributed by atoms with Crippen LogP contribution in [0.1, 0.15) is 25.3 Å². The van der Waals surface area contributed by atoms with Gasteiger partial charge >= 0.3 is 0 Å². The van der Waals surface area contributed by atoms with Crippen LogP contribution in [0.2, 0.25) is 0 Å². The second kappa shape index (κ2) is 2.91. The summed E-state index contributed by atoms with van der Waals surface area (Å²) in [5.74, 6) is 0.402. The molecule has 0 aliphatic rings. The Kier molecular flexibility index (Phi) is 1.87. The molecule has 13 heavy (non-hydrogen) atoms. The van der Waals surface area contributed by atoms with Gasteiger partial charge in [0.1, 0.15) is 13.4 Å². The van der Waals surface area contributed by atoms with Gasteiger partial charge < -0.3 is 4.42 Å². The van der Waals surface area contributed by atoms with Crippen molar-refractivity contribution in [2.75, 3.05) is 0 Å². The summed E-state index contributed by atoms with van der Waals surface area (Å²) in [4.78, 5) is 4.08. The molecule has 0 aliphatic heterocycles. The Morgan fingerprint density at radius 1 is 1.38 bits per heavy atom. The third-order valence-corrected chi connectivity index (χ3v) is 2.10. The van der Waals surface area contributed by atoms with Crippen LogP contribution < -0.4 is 5.46 Å². The largest absolute Gasteiger partial charge is 0.443 e. The third-order valence-electron chi connectivity index (χ3n) is 2.10. The van der Waals surface area contributed by atoms with Gasteiger partial charge in [-0.3, -0.25) is 0 Å². The van der Waals surface area contributed by atoms with Crippen molar-refractivity contribution in [3.63, 3.8) is 0 Å². The predicted octanol–water partition coefficient (Wildman–Crippen LogP) is 1.74. The van der Waals surface area contributed by atoms with Crippen LogP contribution >= 0.6 is 0 Å². The number of fused-ring (bicyclic) bond motifs is 1. The minimum absolute atomic E-state index is 0.402. The summed E-state index contributed by atoms with van der Waals surface area (Å²) in [6.07, 6.45) is 1.45. The maximum atomic E-state index is 5.74. The van der Waals surface area contributed by atoms with Gasteiger partial charge in [0.2, 0.25) is 0 Å². The molecule has 1 heterocycles. The number of hydrogen-bond acceptors (Lipinski definition) is 2. The molecule has 2 aromatic rings. The average molecular weight is 171 g/mol. The molecule has 0 atom stereocenters. The smallest absolute Gasteiger partial charge is 0.181 e. The van der Waals surface area contributed by atoms with Crippen LogP contribution in [0.15, 0.2) is 22.9 Å². The standard InChI is InChI=1S/C10H10BNO/c1-6(2)8-3-7(11)4-9-10(8)13-5-12-9/h3-6H,1-2H3. The Balaban J connectivity index is 2.77. The van der Waals surface area contributed by atoms with Crippen LogP contribution in [0.3, 0.4) is 0 Å². The fourth-order valence-corrected chi connectivity index (χ4v) is 1.45. The van der Waals surface area contributed by atoms with Crippen LogP contribution in [0.25, 0.3) is 11.1 Å². The summed E-state index contributed by atoms with van der Waals surface area (Å²) in [7, 11) is 5.74. The molecule has 1 aromatic heterocycles. The summed E-state index contributed by atoms with van der Waals surface area (Å²) >= 11 is 0. The molecule has 2 nitrogen and oxygen atoms in total. The SMILES string of the molecule is [B]c1cc(C(C)C)c2ocnc2c1. The van der Waals surface area contributed by atoms with E-state index in [0.29, 0.717) is 5.92 Å². The summed E-state index contributed by atoms with van der Waals surface area (Å²) in [6.45, 7) is 4.22. The van der Waals surface area contributed by atoms with Gasteiger partial charge in [-0.2, -0.15) is 0 Å². The zero-order chi connectivity index (χ0) is 9.42. The molecule has 0 aliphatic carbocycles. The molecule has 0 unspecified atom stereocenters. The van der Waals surface area contributed by atoms with E-state index in [1.165, 1.54) is 6.39 Å². The maximum Gasteiger partial charge on any atom is 0.181 e. The van der Waals surface area contributed by atoms with Crippen molar-refractivity contribution in [2.24, 2.45) is 0 Å². The van der Waals surface area contributed by atoms with E-state index in [-0.39, 0.29) is 0 Å². The topological polar surface area (TPSA) is 26.0 Å². The summed E-state index contributed by atoms with van der Waals surface area (Å²) in [5, 5.41) is 0. The van der Waals surface area contributed by atoms with Crippen molar-refractivity contribution in [3.8, 4) is 0 Å². The van der Waals surface area contributed by atoms with Crippen LogP contribution in [0, 0.1) is 0 Å². The Morgan fingerprint density at radius 3 is 2.85 bits per heavy atom. The minimum Gasteiger partial charge on any atom is -0.443 e. The van der Waals surface area contributed by atoms with Crippen molar-refractivity contribution >= 4 is 24.4 Å². The maximum absolute atomic E-state index is 5.74. The first kappa shape index (κ1) is 8.36. The summed E-state index contributed by atoms with van der Waals surface area (Å²) in [5.41, 5.74) is 3.55. The molecule has 0 saturated heterocycles. The van der Waals surface area contributed by atoms with Crippen molar-refractivity contribution in [3.05, 3.63) is 24.1 Å². The molecule has 1 aromatic carbocycles. The van der Waals surface area contributed by atoms with Gasteiger partial charge in [-0.1, -0.05) is 25.4 Å². The van der Waals surface area contributed by atoms with Crippen molar-refractivity contribution in [1.29, 1.82) is 0 Å². The molecule has 64 valence electrons. The number of oxazole rings is 1. The fourth-order valence-electron chi connectivity index (χ4n) is 1.45. The second-order valence-corrected chi connectivity index (χ2v) is 3.47. The van der Waals surface area contributed by atoms with Crippen molar-refractivity contribution in [2.45, 2.75) is 19.8 Å². The van der Waals surface area contributed by atoms with E-state index in [4.69, 9.17) is 12.3 Å². The number of hydrogen-bond donors (Lipinski definition) is 0. The van der Waals surface area contributed by atoms with Crippen LogP contribution in [-0.2, 0) is 0 Å². The lowest BCUT2D eigenvalue weighted by Gasteiger charge is -2.06. The highest BCUT2D eigenvalue weighted by atomic mass is 16.3. The highest BCUT2D eigenvalue weighted by molar-refractivity contribution is 6.33. The average Bonchev–Trinajstić information content (AvgIpc) is 2.49. The van der Waals surface area contributed by atoms with E-state index in [9.17, 15) is 0 Å². The van der Waals surface area contributed by atoms with Gasteiger partial charge in [0.15, 0.2) is 12.0 Å². The highest BCUT2D eigenvalue weighted by Crippen LogP contribution is 2.23. The van der Waals surface area contributed by atoms with Gasteiger partial charge in [-0.15, -0.1) is 0 Å². The lowest BCUT2D eigenvalue weighted by Crippen LogP contribution is -2.04. The molecule has 0 fully saturated rings. The lowest BCUT2D eigenvalue weighted by atomic mass is 9.90. The first-order valence-corrected chi connectivity index (χ1v) is 4.31. The number of aromatic nitrogens is 1.